The lowest BCUT2D eigenvalue weighted by molar-refractivity contribution is -0.140. The first-order valence-corrected chi connectivity index (χ1v) is 9.46. The number of hydrogen-bond acceptors (Lipinski definition) is 4. The van der Waals surface area contributed by atoms with Gasteiger partial charge in [0.15, 0.2) is 0 Å². The summed E-state index contributed by atoms with van der Waals surface area (Å²) in [5.74, 6) is -0.120. The zero-order chi connectivity index (χ0) is 19.1. The molecule has 0 radical (unpaired) electrons. The molecule has 0 aliphatic carbocycles. The Morgan fingerprint density at radius 1 is 1.11 bits per heavy atom. The van der Waals surface area contributed by atoms with Gasteiger partial charge in [-0.2, -0.15) is 5.10 Å². The quantitative estimate of drug-likeness (QED) is 0.730. The normalized spacial score (nSPS) is 19.6. The smallest absolute Gasteiger partial charge is 0.270 e. The second-order valence-corrected chi connectivity index (χ2v) is 7.18. The number of nitrogens with zero attached hydrogens (tertiary/aromatic N) is 4. The fraction of sp³-hybridized carbons (Fsp3) is 0.350. The van der Waals surface area contributed by atoms with E-state index in [2.05, 4.69) is 10.1 Å². The fourth-order valence-electron chi connectivity index (χ4n) is 3.98. The van der Waals surface area contributed by atoms with E-state index >= 15 is 0 Å². The average Bonchev–Trinajstić information content (AvgIpc) is 3.39. The molecule has 144 valence electrons. The highest BCUT2D eigenvalue weighted by molar-refractivity contribution is 5.98. The average molecular weight is 379 g/mol. The molecule has 1 fully saturated rings. The number of fused-ring (bicyclic) bond motifs is 2. The Hall–Kier alpha value is -3.13. The van der Waals surface area contributed by atoms with Crippen LogP contribution in [0, 0.1) is 0 Å². The van der Waals surface area contributed by atoms with Crippen molar-refractivity contribution in [2.75, 3.05) is 32.8 Å². The maximum absolute atomic E-state index is 13.2. The number of carbonyl (C=O) groups is 2. The monoisotopic (exact) mass is 379 g/mol. The first-order valence-electron chi connectivity index (χ1n) is 9.46. The molecule has 0 bridgehead atoms. The second-order valence-electron chi connectivity index (χ2n) is 7.18. The molecular weight excluding hydrogens is 358 g/mol. The van der Waals surface area contributed by atoms with Crippen LogP contribution in [0.2, 0.25) is 0 Å². The number of morpholine rings is 1. The number of hydrogen-bond donors (Lipinski definition) is 1. The maximum atomic E-state index is 13.2. The lowest BCUT2D eigenvalue weighted by Gasteiger charge is -2.36. The molecule has 0 unspecified atom stereocenters. The lowest BCUT2D eigenvalue weighted by atomic mass is 10.1. The van der Waals surface area contributed by atoms with Crippen LogP contribution in [-0.4, -0.2) is 69.2 Å². The van der Waals surface area contributed by atoms with Gasteiger partial charge in [0, 0.05) is 30.2 Å². The molecule has 2 aliphatic rings. The number of aromatic amines is 1. The summed E-state index contributed by atoms with van der Waals surface area (Å²) in [6.07, 6.45) is 1.69. The number of amides is 2. The molecule has 4 heterocycles. The van der Waals surface area contributed by atoms with E-state index in [9.17, 15) is 9.59 Å². The van der Waals surface area contributed by atoms with E-state index in [0.717, 1.165) is 16.6 Å². The standard InChI is InChI=1S/C20H21N5O3/c26-19(17-11-14-3-1-2-4-16(14)22-17)24-12-15-5-6-21-25(15)18(13-24)20(27)23-7-9-28-10-8-23/h1-6,11,18,22H,7-10,12-13H2/t18-/m1/s1. The number of para-hydroxylation sites is 1. The molecule has 5 rings (SSSR count). The number of H-pyrrole nitrogens is 1. The molecule has 2 aromatic heterocycles. The highest BCUT2D eigenvalue weighted by atomic mass is 16.5. The predicted octanol–water partition coefficient (Wildman–Crippen LogP) is 1.42. The number of carbonyl (C=O) groups excluding carboxylic acids is 2. The molecule has 1 aromatic carbocycles. The summed E-state index contributed by atoms with van der Waals surface area (Å²) in [5, 5.41) is 5.34. The van der Waals surface area contributed by atoms with Crippen LogP contribution in [0.3, 0.4) is 0 Å². The lowest BCUT2D eigenvalue weighted by Crippen LogP contribution is -2.50. The van der Waals surface area contributed by atoms with E-state index in [1.807, 2.05) is 36.4 Å². The van der Waals surface area contributed by atoms with Crippen molar-refractivity contribution in [2.24, 2.45) is 0 Å². The molecule has 8 heteroatoms. The zero-order valence-electron chi connectivity index (χ0n) is 15.4. The van der Waals surface area contributed by atoms with Crippen LogP contribution in [0.5, 0.6) is 0 Å². The Labute approximate surface area is 161 Å². The summed E-state index contributed by atoms with van der Waals surface area (Å²) >= 11 is 0. The van der Waals surface area contributed by atoms with Crippen molar-refractivity contribution >= 4 is 22.7 Å². The molecule has 0 saturated carbocycles. The molecule has 28 heavy (non-hydrogen) atoms. The van der Waals surface area contributed by atoms with Gasteiger partial charge in [0.25, 0.3) is 5.91 Å². The minimum atomic E-state index is -0.509. The highest BCUT2D eigenvalue weighted by Crippen LogP contribution is 2.25. The predicted molar refractivity (Wildman–Crippen MR) is 102 cm³/mol. The number of aromatic nitrogens is 3. The molecule has 2 amide bonds. The van der Waals surface area contributed by atoms with E-state index in [-0.39, 0.29) is 11.8 Å². The summed E-state index contributed by atoms with van der Waals surface area (Å²) in [5.41, 5.74) is 2.32. The van der Waals surface area contributed by atoms with Crippen LogP contribution in [0.1, 0.15) is 22.2 Å². The Morgan fingerprint density at radius 2 is 1.93 bits per heavy atom. The minimum absolute atomic E-state index is 0.0117. The number of ether oxygens (including phenoxy) is 1. The molecule has 8 nitrogen and oxygen atoms in total. The number of nitrogens with one attached hydrogen (secondary N) is 1. The van der Waals surface area contributed by atoms with E-state index in [1.54, 1.807) is 20.7 Å². The van der Waals surface area contributed by atoms with Crippen molar-refractivity contribution in [1.29, 1.82) is 0 Å². The van der Waals surface area contributed by atoms with Crippen molar-refractivity contribution in [3.63, 3.8) is 0 Å². The summed E-state index contributed by atoms with van der Waals surface area (Å²) in [6.45, 7) is 2.97. The first-order chi connectivity index (χ1) is 13.7. The van der Waals surface area contributed by atoms with Crippen molar-refractivity contribution in [1.82, 2.24) is 24.6 Å². The van der Waals surface area contributed by atoms with Gasteiger partial charge in [0.2, 0.25) is 5.91 Å². The van der Waals surface area contributed by atoms with Crippen LogP contribution in [0.25, 0.3) is 10.9 Å². The third kappa shape index (κ3) is 2.86. The van der Waals surface area contributed by atoms with Crippen molar-refractivity contribution in [2.45, 2.75) is 12.6 Å². The number of rotatable bonds is 2. The van der Waals surface area contributed by atoms with Gasteiger partial charge in [-0.15, -0.1) is 0 Å². The Morgan fingerprint density at radius 3 is 2.75 bits per heavy atom. The minimum Gasteiger partial charge on any atom is -0.378 e. The third-order valence-electron chi connectivity index (χ3n) is 5.45. The van der Waals surface area contributed by atoms with Gasteiger partial charge in [-0.25, -0.2) is 0 Å². The van der Waals surface area contributed by atoms with Gasteiger partial charge >= 0.3 is 0 Å². The maximum Gasteiger partial charge on any atom is 0.270 e. The van der Waals surface area contributed by atoms with Crippen molar-refractivity contribution in [3.8, 4) is 0 Å². The van der Waals surface area contributed by atoms with E-state index in [1.165, 1.54) is 0 Å². The molecule has 0 spiro atoms. The van der Waals surface area contributed by atoms with Gasteiger partial charge < -0.3 is 19.5 Å². The SMILES string of the molecule is O=C(c1cc2ccccc2[nH]1)N1Cc2ccnn2[C@@H](C(=O)N2CCOCC2)C1. The van der Waals surface area contributed by atoms with E-state index in [4.69, 9.17) is 4.74 Å². The van der Waals surface area contributed by atoms with Gasteiger partial charge in [-0.1, -0.05) is 18.2 Å². The molecule has 2 aliphatic heterocycles. The Kier molecular flexibility index (Phi) is 4.12. The van der Waals surface area contributed by atoms with E-state index in [0.29, 0.717) is 45.1 Å². The Bertz CT molecular complexity index is 1000. The van der Waals surface area contributed by atoms with Gasteiger partial charge in [-0.3, -0.25) is 14.3 Å². The summed E-state index contributed by atoms with van der Waals surface area (Å²) in [6, 6.07) is 11.0. The summed E-state index contributed by atoms with van der Waals surface area (Å²) in [4.78, 5) is 33.0. The molecular formula is C20H21N5O3. The van der Waals surface area contributed by atoms with Crippen LogP contribution < -0.4 is 0 Å². The largest absolute Gasteiger partial charge is 0.378 e. The fourth-order valence-corrected chi connectivity index (χ4v) is 3.98. The van der Waals surface area contributed by atoms with Gasteiger partial charge in [-0.05, 0) is 18.2 Å². The van der Waals surface area contributed by atoms with Crippen molar-refractivity contribution in [3.05, 3.63) is 54.0 Å². The van der Waals surface area contributed by atoms with Crippen LogP contribution in [0.15, 0.2) is 42.6 Å². The second kappa shape index (κ2) is 6.79. The summed E-state index contributed by atoms with van der Waals surface area (Å²) < 4.78 is 7.11. The molecule has 1 saturated heterocycles. The molecule has 1 N–H and O–H groups in total. The number of benzene rings is 1. The Balaban J connectivity index is 1.43. The first kappa shape index (κ1) is 17.0. The van der Waals surface area contributed by atoms with Crippen molar-refractivity contribution < 1.29 is 14.3 Å². The highest BCUT2D eigenvalue weighted by Gasteiger charge is 2.36. The van der Waals surface area contributed by atoms with Crippen LogP contribution in [0.4, 0.5) is 0 Å². The van der Waals surface area contributed by atoms with Crippen LogP contribution in [-0.2, 0) is 16.1 Å². The third-order valence-corrected chi connectivity index (χ3v) is 5.45. The van der Waals surface area contributed by atoms with E-state index < -0.39 is 6.04 Å². The molecule has 1 atom stereocenters. The topological polar surface area (TPSA) is 83.5 Å². The molecule has 3 aromatic rings. The van der Waals surface area contributed by atoms with Crippen LogP contribution >= 0.6 is 0 Å². The van der Waals surface area contributed by atoms with Gasteiger partial charge in [0.1, 0.15) is 11.7 Å². The summed E-state index contributed by atoms with van der Waals surface area (Å²) in [7, 11) is 0. The zero-order valence-corrected chi connectivity index (χ0v) is 15.4. The van der Waals surface area contributed by atoms with Gasteiger partial charge in [0.05, 0.1) is 32.0 Å².